The van der Waals surface area contributed by atoms with Crippen LogP contribution in [0.1, 0.15) is 10.4 Å². The minimum absolute atomic E-state index is 0.225. The number of halogens is 2. The van der Waals surface area contributed by atoms with Crippen LogP contribution in [0.2, 0.25) is 0 Å². The van der Waals surface area contributed by atoms with Crippen molar-refractivity contribution in [3.63, 3.8) is 0 Å². The van der Waals surface area contributed by atoms with Crippen molar-refractivity contribution < 1.29 is 13.6 Å². The van der Waals surface area contributed by atoms with Crippen molar-refractivity contribution in [3.8, 4) is 0 Å². The van der Waals surface area contributed by atoms with Crippen LogP contribution in [-0.4, -0.2) is 10.9 Å². The molecule has 3 aromatic rings. The van der Waals surface area contributed by atoms with Crippen LogP contribution >= 0.6 is 0 Å². The molecule has 6 heteroatoms. The van der Waals surface area contributed by atoms with Gasteiger partial charge in [-0.1, -0.05) is 6.07 Å². The van der Waals surface area contributed by atoms with Gasteiger partial charge in [-0.05, 0) is 54.6 Å². The van der Waals surface area contributed by atoms with Gasteiger partial charge >= 0.3 is 0 Å². The Morgan fingerprint density at radius 3 is 2.29 bits per heavy atom. The van der Waals surface area contributed by atoms with Crippen LogP contribution in [0.4, 0.5) is 26.0 Å². The second-order valence-electron chi connectivity index (χ2n) is 5.03. The summed E-state index contributed by atoms with van der Waals surface area (Å²) in [5.41, 5.74) is 1.40. The van der Waals surface area contributed by atoms with E-state index in [0.29, 0.717) is 17.2 Å². The fraction of sp³-hybridized carbons (Fsp3) is 0. The third kappa shape index (κ3) is 3.92. The molecule has 0 unspecified atom stereocenters. The number of aromatic nitrogens is 1. The maximum absolute atomic E-state index is 13.1. The number of anilines is 3. The zero-order valence-corrected chi connectivity index (χ0v) is 12.5. The van der Waals surface area contributed by atoms with E-state index in [1.807, 2.05) is 0 Å². The number of pyridine rings is 1. The minimum Gasteiger partial charge on any atom is -0.340 e. The smallest absolute Gasteiger partial charge is 0.255 e. The zero-order chi connectivity index (χ0) is 16.9. The molecule has 0 atom stereocenters. The van der Waals surface area contributed by atoms with Crippen LogP contribution in [0.3, 0.4) is 0 Å². The number of hydrogen-bond donors (Lipinski definition) is 2. The molecule has 0 spiro atoms. The lowest BCUT2D eigenvalue weighted by molar-refractivity contribution is 0.102. The van der Waals surface area contributed by atoms with E-state index in [-0.39, 0.29) is 11.4 Å². The second-order valence-corrected chi connectivity index (χ2v) is 5.03. The second kappa shape index (κ2) is 6.87. The normalized spacial score (nSPS) is 10.2. The van der Waals surface area contributed by atoms with Gasteiger partial charge in [0.25, 0.3) is 5.91 Å². The SMILES string of the molecule is O=C(Nc1ccc(Nc2ccc(F)cc2)nc1)c1cccc(F)c1. The van der Waals surface area contributed by atoms with Crippen LogP contribution in [-0.2, 0) is 0 Å². The van der Waals surface area contributed by atoms with Gasteiger partial charge in [-0.3, -0.25) is 4.79 Å². The molecule has 24 heavy (non-hydrogen) atoms. The molecule has 0 fully saturated rings. The highest BCUT2D eigenvalue weighted by molar-refractivity contribution is 6.04. The van der Waals surface area contributed by atoms with E-state index in [1.54, 1.807) is 24.3 Å². The first kappa shape index (κ1) is 15.6. The van der Waals surface area contributed by atoms with Crippen molar-refractivity contribution in [2.75, 3.05) is 10.6 Å². The number of carbonyl (C=O) groups is 1. The molecule has 0 radical (unpaired) electrons. The Kier molecular flexibility index (Phi) is 4.47. The zero-order valence-electron chi connectivity index (χ0n) is 12.5. The molecule has 4 nitrogen and oxygen atoms in total. The first-order valence-corrected chi connectivity index (χ1v) is 7.16. The van der Waals surface area contributed by atoms with Gasteiger partial charge in [-0.15, -0.1) is 0 Å². The number of nitrogens with zero attached hydrogens (tertiary/aromatic N) is 1. The number of benzene rings is 2. The summed E-state index contributed by atoms with van der Waals surface area (Å²) < 4.78 is 26.0. The molecule has 0 bridgehead atoms. The minimum atomic E-state index is -0.473. The molecular formula is C18H13F2N3O. The number of nitrogens with one attached hydrogen (secondary N) is 2. The summed E-state index contributed by atoms with van der Waals surface area (Å²) in [7, 11) is 0. The Morgan fingerprint density at radius 2 is 1.62 bits per heavy atom. The number of amides is 1. The van der Waals surface area contributed by atoms with Gasteiger partial charge in [0.05, 0.1) is 11.9 Å². The molecular weight excluding hydrogens is 312 g/mol. The summed E-state index contributed by atoms with van der Waals surface area (Å²) in [6.45, 7) is 0. The van der Waals surface area contributed by atoms with Crippen molar-refractivity contribution in [1.82, 2.24) is 4.98 Å². The first-order chi connectivity index (χ1) is 11.6. The van der Waals surface area contributed by atoms with Crippen LogP contribution < -0.4 is 10.6 Å². The highest BCUT2D eigenvalue weighted by atomic mass is 19.1. The molecule has 2 aromatic carbocycles. The molecule has 0 saturated heterocycles. The maximum atomic E-state index is 13.1. The Hall–Kier alpha value is -3.28. The van der Waals surface area contributed by atoms with Crippen molar-refractivity contribution in [3.05, 3.63) is 84.1 Å². The molecule has 2 N–H and O–H groups in total. The molecule has 1 aromatic heterocycles. The molecule has 0 aliphatic rings. The summed E-state index contributed by atoms with van der Waals surface area (Å²) in [5, 5.41) is 5.65. The van der Waals surface area contributed by atoms with Gasteiger partial charge in [0.2, 0.25) is 0 Å². The molecule has 120 valence electrons. The van der Waals surface area contributed by atoms with Gasteiger partial charge in [0.1, 0.15) is 17.5 Å². The lowest BCUT2D eigenvalue weighted by Crippen LogP contribution is -2.12. The van der Waals surface area contributed by atoms with E-state index in [2.05, 4.69) is 15.6 Å². The quantitative estimate of drug-likeness (QED) is 0.749. The molecule has 0 aliphatic heterocycles. The molecule has 0 saturated carbocycles. The molecule has 0 aliphatic carbocycles. The van der Waals surface area contributed by atoms with Crippen molar-refractivity contribution in [2.24, 2.45) is 0 Å². The highest BCUT2D eigenvalue weighted by Crippen LogP contribution is 2.17. The summed E-state index contributed by atoms with van der Waals surface area (Å²) in [5.74, 6) is -0.663. The number of carbonyl (C=O) groups excluding carboxylic acids is 1. The van der Waals surface area contributed by atoms with E-state index in [4.69, 9.17) is 0 Å². The largest absolute Gasteiger partial charge is 0.340 e. The summed E-state index contributed by atoms with van der Waals surface area (Å²) in [6, 6.07) is 14.6. The number of hydrogen-bond acceptors (Lipinski definition) is 3. The monoisotopic (exact) mass is 325 g/mol. The van der Waals surface area contributed by atoms with Crippen LogP contribution in [0.25, 0.3) is 0 Å². The van der Waals surface area contributed by atoms with Gasteiger partial charge in [0, 0.05) is 11.3 Å². The van der Waals surface area contributed by atoms with Gasteiger partial charge in [-0.2, -0.15) is 0 Å². The standard InChI is InChI=1S/C18H13F2N3O/c19-13-4-6-15(7-5-13)22-17-9-8-16(11-21-17)23-18(24)12-2-1-3-14(20)10-12/h1-11H,(H,21,22)(H,23,24). The topological polar surface area (TPSA) is 54.0 Å². The summed E-state index contributed by atoms with van der Waals surface area (Å²) >= 11 is 0. The average molecular weight is 325 g/mol. The molecule has 3 rings (SSSR count). The fourth-order valence-corrected chi connectivity index (χ4v) is 2.06. The van der Waals surface area contributed by atoms with E-state index in [1.165, 1.54) is 36.5 Å². The third-order valence-corrected chi connectivity index (χ3v) is 3.22. The van der Waals surface area contributed by atoms with Gasteiger partial charge < -0.3 is 10.6 Å². The predicted molar refractivity (Wildman–Crippen MR) is 88.3 cm³/mol. The van der Waals surface area contributed by atoms with Crippen LogP contribution in [0.5, 0.6) is 0 Å². The predicted octanol–water partition coefficient (Wildman–Crippen LogP) is 4.36. The average Bonchev–Trinajstić information content (AvgIpc) is 2.59. The van der Waals surface area contributed by atoms with Gasteiger partial charge in [-0.25, -0.2) is 13.8 Å². The van der Waals surface area contributed by atoms with Gasteiger partial charge in [0.15, 0.2) is 0 Å². The van der Waals surface area contributed by atoms with Crippen LogP contribution in [0, 0.1) is 11.6 Å². The Balaban J connectivity index is 1.66. The Bertz CT molecular complexity index is 849. The summed E-state index contributed by atoms with van der Waals surface area (Å²) in [4.78, 5) is 16.2. The van der Waals surface area contributed by atoms with E-state index < -0.39 is 11.7 Å². The lowest BCUT2D eigenvalue weighted by atomic mass is 10.2. The summed E-state index contributed by atoms with van der Waals surface area (Å²) in [6.07, 6.45) is 1.48. The van der Waals surface area contributed by atoms with Crippen LogP contribution in [0.15, 0.2) is 66.9 Å². The highest BCUT2D eigenvalue weighted by Gasteiger charge is 2.07. The first-order valence-electron chi connectivity index (χ1n) is 7.16. The van der Waals surface area contributed by atoms with E-state index >= 15 is 0 Å². The van der Waals surface area contributed by atoms with Crippen molar-refractivity contribution in [2.45, 2.75) is 0 Å². The van der Waals surface area contributed by atoms with E-state index in [9.17, 15) is 13.6 Å². The van der Waals surface area contributed by atoms with E-state index in [0.717, 1.165) is 6.07 Å². The fourth-order valence-electron chi connectivity index (χ4n) is 2.06. The molecule has 1 heterocycles. The third-order valence-electron chi connectivity index (χ3n) is 3.22. The van der Waals surface area contributed by atoms with Crippen molar-refractivity contribution in [1.29, 1.82) is 0 Å². The molecule has 1 amide bonds. The maximum Gasteiger partial charge on any atom is 0.255 e. The lowest BCUT2D eigenvalue weighted by Gasteiger charge is -2.08. The Labute approximate surface area is 137 Å². The number of rotatable bonds is 4. The van der Waals surface area contributed by atoms with Crippen molar-refractivity contribution >= 4 is 23.1 Å². The Morgan fingerprint density at radius 1 is 0.875 bits per heavy atom.